The molecule has 0 heterocycles. The van der Waals surface area contributed by atoms with Crippen LogP contribution in [0.3, 0.4) is 0 Å². The van der Waals surface area contributed by atoms with E-state index in [0.717, 1.165) is 23.5 Å². The van der Waals surface area contributed by atoms with Gasteiger partial charge in [0.25, 0.3) is 0 Å². The van der Waals surface area contributed by atoms with E-state index < -0.39 is 0 Å². The van der Waals surface area contributed by atoms with Crippen molar-refractivity contribution >= 4 is 0 Å². The SMILES string of the molecule is COc1cccc([C@H]2C[C@H]2CO)c1OC. The minimum atomic E-state index is 0.255. The van der Waals surface area contributed by atoms with E-state index in [4.69, 9.17) is 14.6 Å². The zero-order valence-electron chi connectivity index (χ0n) is 9.06. The van der Waals surface area contributed by atoms with Gasteiger partial charge in [-0.25, -0.2) is 0 Å². The standard InChI is InChI=1S/C12H16O3/c1-14-11-5-3-4-9(12(11)15-2)10-6-8(10)7-13/h3-5,8,10,13H,6-7H2,1-2H3/t8-,10-/m0/s1. The van der Waals surface area contributed by atoms with Crippen molar-refractivity contribution in [2.24, 2.45) is 5.92 Å². The Bertz CT molecular complexity index is 349. The number of benzene rings is 1. The molecule has 1 fully saturated rings. The highest BCUT2D eigenvalue weighted by Crippen LogP contribution is 2.51. The minimum absolute atomic E-state index is 0.255. The van der Waals surface area contributed by atoms with Crippen LogP contribution < -0.4 is 9.47 Å². The molecule has 0 amide bonds. The van der Waals surface area contributed by atoms with Gasteiger partial charge in [-0.15, -0.1) is 0 Å². The largest absolute Gasteiger partial charge is 0.493 e. The van der Waals surface area contributed by atoms with Gasteiger partial charge in [0.2, 0.25) is 0 Å². The Morgan fingerprint density at radius 2 is 2.13 bits per heavy atom. The number of para-hydroxylation sites is 1. The summed E-state index contributed by atoms with van der Waals surface area (Å²) < 4.78 is 10.6. The normalized spacial score (nSPS) is 23.7. The first-order valence-corrected chi connectivity index (χ1v) is 5.13. The molecular weight excluding hydrogens is 192 g/mol. The first-order valence-electron chi connectivity index (χ1n) is 5.13. The smallest absolute Gasteiger partial charge is 0.164 e. The van der Waals surface area contributed by atoms with Crippen molar-refractivity contribution < 1.29 is 14.6 Å². The number of ether oxygens (including phenoxy) is 2. The molecule has 1 aromatic rings. The summed E-state index contributed by atoms with van der Waals surface area (Å²) in [5, 5.41) is 9.06. The van der Waals surface area contributed by atoms with Crippen LogP contribution in [0.4, 0.5) is 0 Å². The third-order valence-electron chi connectivity index (χ3n) is 2.99. The van der Waals surface area contributed by atoms with E-state index in [2.05, 4.69) is 0 Å². The van der Waals surface area contributed by atoms with Crippen LogP contribution in [0.15, 0.2) is 18.2 Å². The fourth-order valence-corrected chi connectivity index (χ4v) is 2.03. The molecule has 0 aliphatic heterocycles. The Morgan fingerprint density at radius 1 is 1.33 bits per heavy atom. The van der Waals surface area contributed by atoms with Gasteiger partial charge in [0, 0.05) is 12.2 Å². The van der Waals surface area contributed by atoms with Crippen LogP contribution in [0.5, 0.6) is 11.5 Å². The molecule has 15 heavy (non-hydrogen) atoms. The van der Waals surface area contributed by atoms with Crippen molar-refractivity contribution in [2.45, 2.75) is 12.3 Å². The summed E-state index contributed by atoms with van der Waals surface area (Å²) in [6.45, 7) is 0.255. The van der Waals surface area contributed by atoms with Gasteiger partial charge in [0.05, 0.1) is 14.2 Å². The highest BCUT2D eigenvalue weighted by molar-refractivity contribution is 5.50. The zero-order valence-corrected chi connectivity index (χ0v) is 9.06. The predicted molar refractivity (Wildman–Crippen MR) is 57.5 cm³/mol. The van der Waals surface area contributed by atoms with Gasteiger partial charge >= 0.3 is 0 Å². The van der Waals surface area contributed by atoms with Gasteiger partial charge in [0.1, 0.15) is 0 Å². The summed E-state index contributed by atoms with van der Waals surface area (Å²) in [4.78, 5) is 0. The average Bonchev–Trinajstić information content (AvgIpc) is 3.07. The molecule has 1 saturated carbocycles. The second-order valence-electron chi connectivity index (χ2n) is 3.87. The molecule has 2 rings (SSSR count). The Hall–Kier alpha value is -1.22. The molecule has 2 atom stereocenters. The van der Waals surface area contributed by atoms with Crippen molar-refractivity contribution in [3.8, 4) is 11.5 Å². The zero-order chi connectivity index (χ0) is 10.8. The Labute approximate surface area is 89.6 Å². The molecule has 1 aliphatic rings. The number of aliphatic hydroxyl groups is 1. The lowest BCUT2D eigenvalue weighted by Gasteiger charge is -2.12. The summed E-state index contributed by atoms with van der Waals surface area (Å²) in [6.07, 6.45) is 1.04. The summed E-state index contributed by atoms with van der Waals surface area (Å²) in [5.74, 6) is 2.39. The third-order valence-corrected chi connectivity index (χ3v) is 2.99. The minimum Gasteiger partial charge on any atom is -0.493 e. The number of aliphatic hydroxyl groups excluding tert-OH is 1. The topological polar surface area (TPSA) is 38.7 Å². The first-order chi connectivity index (χ1) is 7.31. The van der Waals surface area contributed by atoms with Gasteiger partial charge in [-0.2, -0.15) is 0 Å². The Morgan fingerprint density at radius 3 is 2.67 bits per heavy atom. The fraction of sp³-hybridized carbons (Fsp3) is 0.500. The van der Waals surface area contributed by atoms with Crippen LogP contribution in [-0.2, 0) is 0 Å². The molecule has 0 bridgehead atoms. The van der Waals surface area contributed by atoms with Crippen LogP contribution in [0.2, 0.25) is 0 Å². The van der Waals surface area contributed by atoms with E-state index in [-0.39, 0.29) is 6.61 Å². The van der Waals surface area contributed by atoms with Gasteiger partial charge < -0.3 is 14.6 Å². The molecule has 0 aromatic heterocycles. The number of hydrogen-bond donors (Lipinski definition) is 1. The molecule has 3 nitrogen and oxygen atoms in total. The summed E-state index contributed by atoms with van der Waals surface area (Å²) in [6, 6.07) is 5.89. The predicted octanol–water partition coefficient (Wildman–Crippen LogP) is 1.80. The highest BCUT2D eigenvalue weighted by atomic mass is 16.5. The molecule has 0 unspecified atom stereocenters. The Balaban J connectivity index is 2.31. The van der Waals surface area contributed by atoms with E-state index in [1.165, 1.54) is 0 Å². The monoisotopic (exact) mass is 208 g/mol. The van der Waals surface area contributed by atoms with E-state index in [1.807, 2.05) is 18.2 Å². The second kappa shape index (κ2) is 4.11. The quantitative estimate of drug-likeness (QED) is 0.820. The van der Waals surface area contributed by atoms with Gasteiger partial charge in [-0.1, -0.05) is 12.1 Å². The number of methoxy groups -OCH3 is 2. The van der Waals surface area contributed by atoms with Gasteiger partial charge in [0.15, 0.2) is 11.5 Å². The summed E-state index contributed by atoms with van der Waals surface area (Å²) in [5.41, 5.74) is 1.15. The maximum Gasteiger partial charge on any atom is 0.164 e. The highest BCUT2D eigenvalue weighted by Gasteiger charge is 2.39. The van der Waals surface area contributed by atoms with Crippen molar-refractivity contribution in [3.63, 3.8) is 0 Å². The molecule has 0 radical (unpaired) electrons. The third kappa shape index (κ3) is 1.79. The lowest BCUT2D eigenvalue weighted by Crippen LogP contribution is -1.96. The number of rotatable bonds is 4. The second-order valence-corrected chi connectivity index (χ2v) is 3.87. The lowest BCUT2D eigenvalue weighted by atomic mass is 10.1. The molecule has 1 N–H and O–H groups in total. The summed E-state index contributed by atoms with van der Waals surface area (Å²) >= 11 is 0. The van der Waals surface area contributed by atoms with Gasteiger partial charge in [-0.3, -0.25) is 0 Å². The van der Waals surface area contributed by atoms with E-state index in [1.54, 1.807) is 14.2 Å². The first kappa shape index (κ1) is 10.3. The molecule has 82 valence electrons. The van der Waals surface area contributed by atoms with Crippen LogP contribution in [0.1, 0.15) is 17.9 Å². The molecule has 1 aromatic carbocycles. The van der Waals surface area contributed by atoms with Crippen molar-refractivity contribution in [3.05, 3.63) is 23.8 Å². The maximum atomic E-state index is 9.06. The molecule has 3 heteroatoms. The number of hydrogen-bond acceptors (Lipinski definition) is 3. The van der Waals surface area contributed by atoms with E-state index in [9.17, 15) is 0 Å². The van der Waals surface area contributed by atoms with Crippen molar-refractivity contribution in [1.82, 2.24) is 0 Å². The van der Waals surface area contributed by atoms with Crippen LogP contribution in [-0.4, -0.2) is 25.9 Å². The average molecular weight is 208 g/mol. The molecular formula is C12H16O3. The summed E-state index contributed by atoms with van der Waals surface area (Å²) in [7, 11) is 3.29. The van der Waals surface area contributed by atoms with Crippen LogP contribution in [0.25, 0.3) is 0 Å². The molecule has 0 saturated heterocycles. The van der Waals surface area contributed by atoms with Crippen molar-refractivity contribution in [1.29, 1.82) is 0 Å². The lowest BCUT2D eigenvalue weighted by molar-refractivity contribution is 0.273. The maximum absolute atomic E-state index is 9.06. The van der Waals surface area contributed by atoms with Crippen LogP contribution >= 0.6 is 0 Å². The van der Waals surface area contributed by atoms with Crippen molar-refractivity contribution in [2.75, 3.05) is 20.8 Å². The molecule has 1 aliphatic carbocycles. The van der Waals surface area contributed by atoms with Crippen LogP contribution in [0, 0.1) is 5.92 Å². The van der Waals surface area contributed by atoms with Gasteiger partial charge in [-0.05, 0) is 24.3 Å². The van der Waals surface area contributed by atoms with E-state index in [0.29, 0.717) is 11.8 Å². The molecule has 0 spiro atoms. The Kier molecular flexibility index (Phi) is 2.82. The fourth-order valence-electron chi connectivity index (χ4n) is 2.03. The van der Waals surface area contributed by atoms with E-state index >= 15 is 0 Å².